The molecule has 22 heavy (non-hydrogen) atoms. The molecule has 1 aliphatic heterocycles. The van der Waals surface area contributed by atoms with Gasteiger partial charge in [0.15, 0.2) is 0 Å². The predicted octanol–water partition coefficient (Wildman–Crippen LogP) is 2.86. The maximum atomic E-state index is 11.9. The van der Waals surface area contributed by atoms with E-state index in [0.29, 0.717) is 12.6 Å². The van der Waals surface area contributed by atoms with E-state index < -0.39 is 0 Å². The lowest BCUT2D eigenvalue weighted by molar-refractivity contribution is -0.115. The number of nitrogens with one attached hydrogen (secondary N) is 3. The lowest BCUT2D eigenvalue weighted by Gasteiger charge is -2.22. The van der Waals surface area contributed by atoms with Gasteiger partial charge in [-0.25, -0.2) is 4.79 Å². The molecule has 1 aromatic carbocycles. The molecule has 1 heterocycles. The minimum Gasteiger partial charge on any atom is -0.335 e. The largest absolute Gasteiger partial charge is 0.335 e. The lowest BCUT2D eigenvalue weighted by Crippen LogP contribution is -2.40. The SMILES string of the molecule is CC1Sc2ccc(CNC(=O)NC3CCCC3)cc2NC1=O. The van der Waals surface area contributed by atoms with E-state index in [4.69, 9.17) is 0 Å². The number of benzene rings is 1. The summed E-state index contributed by atoms with van der Waals surface area (Å²) in [5.74, 6) is 0.0292. The van der Waals surface area contributed by atoms with Crippen molar-refractivity contribution in [3.8, 4) is 0 Å². The van der Waals surface area contributed by atoms with Crippen molar-refractivity contribution < 1.29 is 9.59 Å². The summed E-state index contributed by atoms with van der Waals surface area (Å²) < 4.78 is 0. The first kappa shape index (κ1) is 15.2. The van der Waals surface area contributed by atoms with Gasteiger partial charge in [0.2, 0.25) is 5.91 Å². The number of carbonyl (C=O) groups excluding carboxylic acids is 2. The van der Waals surface area contributed by atoms with Crippen molar-refractivity contribution in [2.45, 2.75) is 55.3 Å². The van der Waals surface area contributed by atoms with E-state index in [1.54, 1.807) is 11.8 Å². The zero-order valence-electron chi connectivity index (χ0n) is 12.6. The van der Waals surface area contributed by atoms with E-state index in [1.807, 2.05) is 25.1 Å². The van der Waals surface area contributed by atoms with Crippen LogP contribution in [-0.4, -0.2) is 23.2 Å². The Labute approximate surface area is 134 Å². The fourth-order valence-electron chi connectivity index (χ4n) is 2.85. The van der Waals surface area contributed by atoms with E-state index in [1.165, 1.54) is 12.8 Å². The van der Waals surface area contributed by atoms with Gasteiger partial charge in [-0.3, -0.25) is 4.79 Å². The minimum absolute atomic E-state index is 0.0292. The summed E-state index contributed by atoms with van der Waals surface area (Å²) in [7, 11) is 0. The molecule has 5 nitrogen and oxygen atoms in total. The van der Waals surface area contributed by atoms with Gasteiger partial charge in [-0.2, -0.15) is 0 Å². The zero-order valence-corrected chi connectivity index (χ0v) is 13.5. The maximum absolute atomic E-state index is 11.9. The Kier molecular flexibility index (Phi) is 4.57. The number of fused-ring (bicyclic) bond motifs is 1. The highest BCUT2D eigenvalue weighted by molar-refractivity contribution is 8.00. The molecule has 1 unspecified atom stereocenters. The molecule has 0 spiro atoms. The monoisotopic (exact) mass is 319 g/mol. The van der Waals surface area contributed by atoms with Gasteiger partial charge in [0.25, 0.3) is 0 Å². The Balaban J connectivity index is 1.56. The Morgan fingerprint density at radius 1 is 1.36 bits per heavy atom. The van der Waals surface area contributed by atoms with Gasteiger partial charge in [-0.1, -0.05) is 18.9 Å². The summed E-state index contributed by atoms with van der Waals surface area (Å²) >= 11 is 1.56. The molecule has 0 bridgehead atoms. The smallest absolute Gasteiger partial charge is 0.315 e. The average Bonchev–Trinajstić information content (AvgIpc) is 2.99. The molecule has 1 aromatic rings. The number of hydrogen-bond acceptors (Lipinski definition) is 3. The van der Waals surface area contributed by atoms with Gasteiger partial charge in [0, 0.05) is 17.5 Å². The molecule has 0 saturated heterocycles. The quantitative estimate of drug-likeness (QED) is 0.802. The molecular formula is C16H21N3O2S. The van der Waals surface area contributed by atoms with Crippen molar-refractivity contribution in [2.75, 3.05) is 5.32 Å². The van der Waals surface area contributed by atoms with E-state index in [0.717, 1.165) is 29.0 Å². The summed E-state index contributed by atoms with van der Waals surface area (Å²) in [6.07, 6.45) is 4.55. The predicted molar refractivity (Wildman–Crippen MR) is 88.0 cm³/mol. The van der Waals surface area contributed by atoms with Gasteiger partial charge < -0.3 is 16.0 Å². The second kappa shape index (κ2) is 6.60. The third kappa shape index (κ3) is 3.55. The molecule has 0 radical (unpaired) electrons. The van der Waals surface area contributed by atoms with Crippen LogP contribution in [0.2, 0.25) is 0 Å². The second-order valence-electron chi connectivity index (χ2n) is 5.89. The molecule has 118 valence electrons. The number of rotatable bonds is 3. The third-order valence-electron chi connectivity index (χ3n) is 4.12. The van der Waals surface area contributed by atoms with Crippen LogP contribution in [0, 0.1) is 0 Å². The molecule has 3 N–H and O–H groups in total. The van der Waals surface area contributed by atoms with E-state index in [-0.39, 0.29) is 17.2 Å². The number of hydrogen-bond donors (Lipinski definition) is 3. The van der Waals surface area contributed by atoms with E-state index in [9.17, 15) is 9.59 Å². The van der Waals surface area contributed by atoms with Crippen LogP contribution in [0.3, 0.4) is 0 Å². The third-order valence-corrected chi connectivity index (χ3v) is 5.30. The first-order chi connectivity index (χ1) is 10.6. The molecular weight excluding hydrogens is 298 g/mol. The molecule has 1 saturated carbocycles. The fourth-order valence-corrected chi connectivity index (χ4v) is 3.79. The van der Waals surface area contributed by atoms with Crippen LogP contribution in [0.1, 0.15) is 38.2 Å². The van der Waals surface area contributed by atoms with Crippen molar-refractivity contribution in [3.05, 3.63) is 23.8 Å². The van der Waals surface area contributed by atoms with Crippen LogP contribution in [0.4, 0.5) is 10.5 Å². The van der Waals surface area contributed by atoms with Crippen molar-refractivity contribution in [3.63, 3.8) is 0 Å². The number of urea groups is 1. The van der Waals surface area contributed by atoms with Crippen molar-refractivity contribution in [1.29, 1.82) is 0 Å². The number of carbonyl (C=O) groups is 2. The topological polar surface area (TPSA) is 70.2 Å². The first-order valence-corrected chi connectivity index (χ1v) is 8.64. The summed E-state index contributed by atoms with van der Waals surface area (Å²) in [5, 5.41) is 8.73. The minimum atomic E-state index is -0.114. The van der Waals surface area contributed by atoms with Crippen molar-refractivity contribution in [1.82, 2.24) is 10.6 Å². The molecule has 3 rings (SSSR count). The highest BCUT2D eigenvalue weighted by atomic mass is 32.2. The molecule has 0 aromatic heterocycles. The maximum Gasteiger partial charge on any atom is 0.315 e. The summed E-state index contributed by atoms with van der Waals surface area (Å²) in [4.78, 5) is 24.7. The van der Waals surface area contributed by atoms with Gasteiger partial charge in [0.05, 0.1) is 10.9 Å². The fraction of sp³-hybridized carbons (Fsp3) is 0.500. The van der Waals surface area contributed by atoms with Crippen molar-refractivity contribution >= 4 is 29.4 Å². The zero-order chi connectivity index (χ0) is 15.5. The molecule has 3 amide bonds. The van der Waals surface area contributed by atoms with Gasteiger partial charge in [0.1, 0.15) is 0 Å². The summed E-state index contributed by atoms with van der Waals surface area (Å²) in [6, 6.07) is 6.13. The summed E-state index contributed by atoms with van der Waals surface area (Å²) in [6.45, 7) is 2.35. The molecule has 2 aliphatic rings. The number of anilines is 1. The normalized spacial score (nSPS) is 21.1. The molecule has 1 fully saturated rings. The standard InChI is InChI=1S/C16H21N3O2S/c1-10-15(20)19-13-8-11(6-7-14(13)22-10)9-17-16(21)18-12-4-2-3-5-12/h6-8,10,12H,2-5,9H2,1H3,(H,19,20)(H2,17,18,21). The Morgan fingerprint density at radius 3 is 2.91 bits per heavy atom. The first-order valence-electron chi connectivity index (χ1n) is 7.76. The Morgan fingerprint density at radius 2 is 2.14 bits per heavy atom. The molecule has 1 aliphatic carbocycles. The van der Waals surface area contributed by atoms with E-state index in [2.05, 4.69) is 16.0 Å². The number of amides is 3. The van der Waals surface area contributed by atoms with Gasteiger partial charge in [-0.05, 0) is 37.5 Å². The van der Waals surface area contributed by atoms with Crippen molar-refractivity contribution in [2.24, 2.45) is 0 Å². The number of thioether (sulfide) groups is 1. The van der Waals surface area contributed by atoms with Crippen LogP contribution in [0.5, 0.6) is 0 Å². The average molecular weight is 319 g/mol. The Bertz CT molecular complexity index is 585. The van der Waals surface area contributed by atoms with Crippen LogP contribution in [0.15, 0.2) is 23.1 Å². The molecule has 1 atom stereocenters. The van der Waals surface area contributed by atoms with Crippen LogP contribution < -0.4 is 16.0 Å². The lowest BCUT2D eigenvalue weighted by atomic mass is 10.2. The van der Waals surface area contributed by atoms with Crippen LogP contribution in [-0.2, 0) is 11.3 Å². The van der Waals surface area contributed by atoms with Crippen LogP contribution in [0.25, 0.3) is 0 Å². The van der Waals surface area contributed by atoms with Crippen LogP contribution >= 0.6 is 11.8 Å². The highest BCUT2D eigenvalue weighted by Gasteiger charge is 2.23. The van der Waals surface area contributed by atoms with E-state index >= 15 is 0 Å². The summed E-state index contributed by atoms with van der Waals surface area (Å²) in [5.41, 5.74) is 1.82. The highest BCUT2D eigenvalue weighted by Crippen LogP contribution is 2.35. The second-order valence-corrected chi connectivity index (χ2v) is 7.27. The Hall–Kier alpha value is -1.69. The van der Waals surface area contributed by atoms with Gasteiger partial charge in [-0.15, -0.1) is 11.8 Å². The van der Waals surface area contributed by atoms with Gasteiger partial charge >= 0.3 is 6.03 Å². The molecule has 6 heteroatoms.